The van der Waals surface area contributed by atoms with Gasteiger partial charge in [0.2, 0.25) is 0 Å². The number of nitrogens with zero attached hydrogens (tertiary/aromatic N) is 1. The molecule has 1 aromatic carbocycles. The summed E-state index contributed by atoms with van der Waals surface area (Å²) in [6.07, 6.45) is 4.49. The second kappa shape index (κ2) is 7.17. The van der Waals surface area contributed by atoms with E-state index in [2.05, 4.69) is 12.2 Å². The van der Waals surface area contributed by atoms with E-state index in [-0.39, 0.29) is 6.03 Å². The van der Waals surface area contributed by atoms with Crippen molar-refractivity contribution in [1.82, 2.24) is 10.2 Å². The molecule has 1 unspecified atom stereocenters. The van der Waals surface area contributed by atoms with E-state index in [0.717, 1.165) is 37.1 Å². The summed E-state index contributed by atoms with van der Waals surface area (Å²) in [7, 11) is 1.65. The number of likely N-dealkylation sites (tertiary alicyclic amines) is 1. The van der Waals surface area contributed by atoms with Crippen molar-refractivity contribution in [2.45, 2.75) is 45.2 Å². The molecule has 1 atom stereocenters. The minimum atomic E-state index is 0.0439. The molecule has 1 heterocycles. The number of piperidine rings is 1. The fourth-order valence-electron chi connectivity index (χ4n) is 2.81. The molecule has 1 N–H and O–H groups in total. The Kier molecular flexibility index (Phi) is 5.27. The van der Waals surface area contributed by atoms with Crippen LogP contribution < -0.4 is 10.1 Å². The Balaban J connectivity index is 1.94. The van der Waals surface area contributed by atoms with Crippen LogP contribution in [0.15, 0.2) is 24.3 Å². The van der Waals surface area contributed by atoms with Gasteiger partial charge < -0.3 is 15.0 Å². The normalized spacial score (nSPS) is 18.7. The molecule has 4 heteroatoms. The lowest BCUT2D eigenvalue weighted by molar-refractivity contribution is 0.148. The molecule has 0 radical (unpaired) electrons. The zero-order valence-corrected chi connectivity index (χ0v) is 12.4. The van der Waals surface area contributed by atoms with Crippen LogP contribution in [0.5, 0.6) is 5.75 Å². The Labute approximate surface area is 121 Å². The van der Waals surface area contributed by atoms with E-state index in [9.17, 15) is 4.79 Å². The van der Waals surface area contributed by atoms with Crippen LogP contribution in [0.2, 0.25) is 0 Å². The van der Waals surface area contributed by atoms with E-state index in [0.29, 0.717) is 12.6 Å². The highest BCUT2D eigenvalue weighted by Gasteiger charge is 2.24. The first-order valence-corrected chi connectivity index (χ1v) is 7.42. The van der Waals surface area contributed by atoms with E-state index in [1.165, 1.54) is 6.42 Å². The third kappa shape index (κ3) is 3.44. The number of nitrogens with one attached hydrogen (secondary N) is 1. The summed E-state index contributed by atoms with van der Waals surface area (Å²) in [5, 5.41) is 3.01. The Hall–Kier alpha value is -1.71. The molecular formula is C16H24N2O2. The van der Waals surface area contributed by atoms with Crippen LogP contribution in [0.1, 0.15) is 38.2 Å². The second-order valence-electron chi connectivity index (χ2n) is 5.22. The standard InChI is InChI=1S/C16H24N2O2/c1-3-14-9-6-7-11-18(14)16(19)17-12-13-8-4-5-10-15(13)20-2/h4-5,8,10,14H,3,6-7,9,11-12H2,1-2H3,(H,17,19). The zero-order chi connectivity index (χ0) is 14.4. The van der Waals surface area contributed by atoms with Gasteiger partial charge in [-0.1, -0.05) is 25.1 Å². The van der Waals surface area contributed by atoms with E-state index >= 15 is 0 Å². The van der Waals surface area contributed by atoms with Crippen LogP contribution >= 0.6 is 0 Å². The quantitative estimate of drug-likeness (QED) is 0.917. The summed E-state index contributed by atoms with van der Waals surface area (Å²) in [6, 6.07) is 8.22. The van der Waals surface area contributed by atoms with E-state index in [4.69, 9.17) is 4.74 Å². The lowest BCUT2D eigenvalue weighted by atomic mass is 10.0. The number of ether oxygens (including phenoxy) is 1. The topological polar surface area (TPSA) is 41.6 Å². The van der Waals surface area contributed by atoms with Crippen molar-refractivity contribution in [2.75, 3.05) is 13.7 Å². The molecule has 0 aromatic heterocycles. The summed E-state index contributed by atoms with van der Waals surface area (Å²) in [5.74, 6) is 0.818. The van der Waals surface area contributed by atoms with Crippen molar-refractivity contribution in [3.63, 3.8) is 0 Å². The number of carbonyl (C=O) groups excluding carboxylic acids is 1. The van der Waals surface area contributed by atoms with Gasteiger partial charge in [-0.3, -0.25) is 0 Å². The van der Waals surface area contributed by atoms with Gasteiger partial charge >= 0.3 is 6.03 Å². The van der Waals surface area contributed by atoms with Crippen LogP contribution in [0, 0.1) is 0 Å². The molecule has 1 aliphatic rings. The van der Waals surface area contributed by atoms with Crippen molar-refractivity contribution in [1.29, 1.82) is 0 Å². The highest BCUT2D eigenvalue weighted by molar-refractivity contribution is 5.74. The maximum Gasteiger partial charge on any atom is 0.317 e. The SMILES string of the molecule is CCC1CCCCN1C(=O)NCc1ccccc1OC. The molecule has 0 saturated carbocycles. The van der Waals surface area contributed by atoms with Crippen molar-refractivity contribution in [3.05, 3.63) is 29.8 Å². The highest BCUT2D eigenvalue weighted by Crippen LogP contribution is 2.20. The average molecular weight is 276 g/mol. The van der Waals surface area contributed by atoms with Crippen LogP contribution in [0.4, 0.5) is 4.79 Å². The molecule has 0 bridgehead atoms. The molecule has 2 amide bonds. The second-order valence-corrected chi connectivity index (χ2v) is 5.22. The number of carbonyl (C=O) groups is 1. The van der Waals surface area contributed by atoms with Gasteiger partial charge in [-0.25, -0.2) is 4.79 Å². The third-order valence-electron chi connectivity index (χ3n) is 3.98. The predicted octanol–water partition coefficient (Wildman–Crippen LogP) is 3.17. The van der Waals surface area contributed by atoms with Gasteiger partial charge in [-0.15, -0.1) is 0 Å². The van der Waals surface area contributed by atoms with Crippen molar-refractivity contribution >= 4 is 6.03 Å². The van der Waals surface area contributed by atoms with Gasteiger partial charge in [0.05, 0.1) is 7.11 Å². The molecule has 0 spiro atoms. The molecule has 0 aliphatic carbocycles. The fraction of sp³-hybridized carbons (Fsp3) is 0.562. The first-order chi connectivity index (χ1) is 9.76. The van der Waals surface area contributed by atoms with Gasteiger partial charge in [-0.05, 0) is 31.7 Å². The van der Waals surface area contributed by atoms with Crippen molar-refractivity contribution in [3.8, 4) is 5.75 Å². The zero-order valence-electron chi connectivity index (χ0n) is 12.4. The summed E-state index contributed by atoms with van der Waals surface area (Å²) in [6.45, 7) is 3.53. The summed E-state index contributed by atoms with van der Waals surface area (Å²) in [5.41, 5.74) is 1.01. The molecule has 4 nitrogen and oxygen atoms in total. The Morgan fingerprint density at radius 1 is 1.40 bits per heavy atom. The smallest absolute Gasteiger partial charge is 0.317 e. The van der Waals surface area contributed by atoms with Crippen LogP contribution in [0.25, 0.3) is 0 Å². The molecule has 1 saturated heterocycles. The summed E-state index contributed by atoms with van der Waals surface area (Å²) < 4.78 is 5.30. The van der Waals surface area contributed by atoms with E-state index < -0.39 is 0 Å². The molecule has 110 valence electrons. The van der Waals surface area contributed by atoms with Crippen LogP contribution in [-0.4, -0.2) is 30.6 Å². The van der Waals surface area contributed by atoms with Gasteiger partial charge in [0, 0.05) is 24.7 Å². The number of methoxy groups -OCH3 is 1. The summed E-state index contributed by atoms with van der Waals surface area (Å²) >= 11 is 0. The Morgan fingerprint density at radius 2 is 2.20 bits per heavy atom. The average Bonchev–Trinajstić information content (AvgIpc) is 2.52. The third-order valence-corrected chi connectivity index (χ3v) is 3.98. The number of benzene rings is 1. The first-order valence-electron chi connectivity index (χ1n) is 7.42. The Morgan fingerprint density at radius 3 is 2.95 bits per heavy atom. The summed E-state index contributed by atoms with van der Waals surface area (Å²) in [4.78, 5) is 14.3. The van der Waals surface area contributed by atoms with Gasteiger partial charge in [0.25, 0.3) is 0 Å². The molecular weight excluding hydrogens is 252 g/mol. The van der Waals surface area contributed by atoms with Gasteiger partial charge in [0.1, 0.15) is 5.75 Å². The maximum atomic E-state index is 12.3. The van der Waals surface area contributed by atoms with E-state index in [1.807, 2.05) is 29.2 Å². The monoisotopic (exact) mass is 276 g/mol. The molecule has 1 aromatic rings. The number of para-hydroxylation sites is 1. The molecule has 2 rings (SSSR count). The van der Waals surface area contributed by atoms with Crippen molar-refractivity contribution < 1.29 is 9.53 Å². The number of amides is 2. The van der Waals surface area contributed by atoms with Gasteiger partial charge in [-0.2, -0.15) is 0 Å². The Bertz CT molecular complexity index is 448. The van der Waals surface area contributed by atoms with Crippen LogP contribution in [-0.2, 0) is 6.54 Å². The molecule has 20 heavy (non-hydrogen) atoms. The fourth-order valence-corrected chi connectivity index (χ4v) is 2.81. The minimum Gasteiger partial charge on any atom is -0.496 e. The largest absolute Gasteiger partial charge is 0.496 e. The van der Waals surface area contributed by atoms with Gasteiger partial charge in [0.15, 0.2) is 0 Å². The van der Waals surface area contributed by atoms with Crippen molar-refractivity contribution in [2.24, 2.45) is 0 Å². The number of hydrogen-bond acceptors (Lipinski definition) is 2. The van der Waals surface area contributed by atoms with E-state index in [1.54, 1.807) is 7.11 Å². The number of hydrogen-bond donors (Lipinski definition) is 1. The lowest BCUT2D eigenvalue weighted by Crippen LogP contribution is -2.48. The number of rotatable bonds is 4. The first kappa shape index (κ1) is 14.7. The number of urea groups is 1. The predicted molar refractivity (Wildman–Crippen MR) is 79.9 cm³/mol. The molecule has 1 aliphatic heterocycles. The lowest BCUT2D eigenvalue weighted by Gasteiger charge is -2.35. The molecule has 1 fully saturated rings. The van der Waals surface area contributed by atoms with Crippen LogP contribution in [0.3, 0.4) is 0 Å². The maximum absolute atomic E-state index is 12.3. The highest BCUT2D eigenvalue weighted by atomic mass is 16.5. The minimum absolute atomic E-state index is 0.0439.